The van der Waals surface area contributed by atoms with Crippen LogP contribution in [-0.2, 0) is 27.9 Å². The molecule has 0 fully saturated rings. The minimum atomic E-state index is -4.55. The van der Waals surface area contributed by atoms with Gasteiger partial charge < -0.3 is 27.9 Å². The Hall–Kier alpha value is -2.58. The van der Waals surface area contributed by atoms with Crippen LogP contribution in [0.25, 0.3) is 0 Å². The first-order valence-corrected chi connectivity index (χ1v) is 26.4. The highest BCUT2D eigenvalue weighted by Crippen LogP contribution is 2.38. The number of rotatable bonds is 45. The van der Waals surface area contributed by atoms with E-state index in [4.69, 9.17) is 18.5 Å². The molecule has 2 atom stereocenters. The van der Waals surface area contributed by atoms with Gasteiger partial charge in [-0.25, -0.2) is 0 Å². The Labute approximate surface area is 387 Å². The number of hydrogen-bond donors (Lipinski definition) is 0. The lowest BCUT2D eigenvalue weighted by molar-refractivity contribution is -0.870. The Morgan fingerprint density at radius 3 is 1.40 bits per heavy atom. The maximum Gasteiger partial charge on any atom is 0.306 e. The number of nitrogens with zero attached hydrogens (tertiary/aromatic N) is 1. The second-order valence-electron chi connectivity index (χ2n) is 17.4. The Bertz CT molecular complexity index is 1320. The highest BCUT2D eigenvalue weighted by molar-refractivity contribution is 7.45. The molecule has 0 saturated heterocycles. The molecule has 0 bridgehead atoms. The van der Waals surface area contributed by atoms with Crippen molar-refractivity contribution >= 4 is 13.8 Å². The van der Waals surface area contributed by atoms with Gasteiger partial charge in [-0.3, -0.25) is 9.36 Å². The van der Waals surface area contributed by atoms with Gasteiger partial charge in [0.05, 0.1) is 34.4 Å². The van der Waals surface area contributed by atoms with E-state index in [9.17, 15) is 14.3 Å². The van der Waals surface area contributed by atoms with Gasteiger partial charge in [-0.1, -0.05) is 175 Å². The number of phosphoric acid groups is 1. The zero-order chi connectivity index (χ0) is 46.2. The fourth-order valence-electron chi connectivity index (χ4n) is 6.28. The van der Waals surface area contributed by atoms with Crippen molar-refractivity contribution in [1.82, 2.24) is 0 Å². The number of hydrogen-bond acceptors (Lipinski definition) is 7. The third-order valence-electron chi connectivity index (χ3n) is 10.1. The van der Waals surface area contributed by atoms with Gasteiger partial charge in [0.1, 0.15) is 19.3 Å². The summed E-state index contributed by atoms with van der Waals surface area (Å²) in [5.41, 5.74) is 0. The van der Waals surface area contributed by atoms with Crippen molar-refractivity contribution < 1.29 is 37.3 Å². The summed E-state index contributed by atoms with van der Waals surface area (Å²) in [6, 6.07) is 0. The van der Waals surface area contributed by atoms with E-state index in [-0.39, 0.29) is 32.2 Å². The lowest BCUT2D eigenvalue weighted by atomic mass is 10.1. The van der Waals surface area contributed by atoms with Crippen molar-refractivity contribution in [3.63, 3.8) is 0 Å². The van der Waals surface area contributed by atoms with Crippen LogP contribution < -0.4 is 4.89 Å². The average Bonchev–Trinajstić information content (AvgIpc) is 3.24. The Balaban J connectivity index is 4.28. The maximum atomic E-state index is 12.7. The number of phosphoric ester groups is 1. The molecule has 0 aliphatic heterocycles. The van der Waals surface area contributed by atoms with Gasteiger partial charge in [-0.15, -0.1) is 0 Å². The normalized spacial score (nSPS) is 14.4. The summed E-state index contributed by atoms with van der Waals surface area (Å²) in [7, 11) is 1.31. The van der Waals surface area contributed by atoms with E-state index in [0.29, 0.717) is 24.1 Å². The van der Waals surface area contributed by atoms with Crippen molar-refractivity contribution in [2.24, 2.45) is 0 Å². The second kappa shape index (κ2) is 46.0. The second-order valence-corrected chi connectivity index (χ2v) is 18.8. The van der Waals surface area contributed by atoms with Crippen molar-refractivity contribution in [3.05, 3.63) is 97.2 Å². The zero-order valence-electron chi connectivity index (χ0n) is 41.0. The summed E-state index contributed by atoms with van der Waals surface area (Å²) >= 11 is 0. The monoisotopic (exact) mass is 900 g/mol. The van der Waals surface area contributed by atoms with Crippen LogP contribution in [0.3, 0.4) is 0 Å². The number of carbonyl (C=O) groups excluding carboxylic acids is 1. The number of unbranched alkanes of at least 4 members (excludes halogenated alkanes) is 15. The van der Waals surface area contributed by atoms with Crippen LogP contribution in [0.2, 0.25) is 0 Å². The summed E-state index contributed by atoms with van der Waals surface area (Å²) in [4.78, 5) is 25.1. The summed E-state index contributed by atoms with van der Waals surface area (Å²) < 4.78 is 34.7. The Morgan fingerprint density at radius 2 is 0.921 bits per heavy atom. The lowest BCUT2D eigenvalue weighted by Crippen LogP contribution is -2.37. The molecule has 2 unspecified atom stereocenters. The molecule has 8 nitrogen and oxygen atoms in total. The summed E-state index contributed by atoms with van der Waals surface area (Å²) in [5, 5.41) is 0. The van der Waals surface area contributed by atoms with Crippen molar-refractivity contribution in [1.29, 1.82) is 0 Å². The predicted molar refractivity (Wildman–Crippen MR) is 268 cm³/mol. The summed E-state index contributed by atoms with van der Waals surface area (Å²) in [6.45, 7) is 5.22. The summed E-state index contributed by atoms with van der Waals surface area (Å²) in [5.74, 6) is -0.371. The van der Waals surface area contributed by atoms with Gasteiger partial charge in [0.2, 0.25) is 0 Å². The predicted octanol–water partition coefficient (Wildman–Crippen LogP) is 14.8. The van der Waals surface area contributed by atoms with Gasteiger partial charge in [0.25, 0.3) is 7.82 Å². The topological polar surface area (TPSA) is 94.1 Å². The third kappa shape index (κ3) is 50.3. The van der Waals surface area contributed by atoms with Crippen LogP contribution in [0.4, 0.5) is 0 Å². The van der Waals surface area contributed by atoms with E-state index >= 15 is 0 Å². The van der Waals surface area contributed by atoms with E-state index in [1.807, 2.05) is 21.1 Å². The maximum absolute atomic E-state index is 12.7. The van der Waals surface area contributed by atoms with Crippen LogP contribution in [0.15, 0.2) is 97.2 Å². The molecule has 9 heteroatoms. The molecule has 0 radical (unpaired) electrons. The number of likely N-dealkylation sites (N-methyl/N-ethyl adjacent to an activating group) is 1. The first-order valence-electron chi connectivity index (χ1n) is 25.0. The molecular formula is C54H94NO7P. The number of quaternary nitrogens is 1. The lowest BCUT2D eigenvalue weighted by Gasteiger charge is -2.28. The van der Waals surface area contributed by atoms with Gasteiger partial charge in [0, 0.05) is 13.0 Å². The fraction of sp³-hybridized carbons (Fsp3) is 0.685. The standard InChI is InChI=1S/C54H94NO7P/c1-6-8-10-12-14-16-18-20-22-24-25-26-27-28-29-30-31-32-33-35-37-39-41-43-45-47-54(56)62-53(52-61-63(57,58)60-50-48-55(3,4)5)51-59-49-46-44-42-40-38-36-34-23-21-19-17-15-13-11-9-7-2/h8,10,14,16,20-23,25-26,28-29,31-32,35,37,53H,6-7,9,11-13,15,17-19,24,27,30,33-34,36,38-52H2,1-5H3/b10-8-,16-14-,22-20-,23-21-,26-25-,29-28-,32-31-,37-35-. The minimum absolute atomic E-state index is 0.0128. The molecule has 0 aliphatic rings. The average molecular weight is 900 g/mol. The SMILES string of the molecule is CC/C=C\C/C=C\C/C=C\C/C=C\C/C=C\C/C=C\C/C=C\CCCCCC(=O)OC(COCCCCCCCC/C=C\CCCCCCCC)COP(=O)([O-])OCC[N+](C)(C)C. The van der Waals surface area contributed by atoms with Crippen LogP contribution >= 0.6 is 7.82 Å². The molecule has 0 aromatic heterocycles. The number of esters is 1. The van der Waals surface area contributed by atoms with Gasteiger partial charge >= 0.3 is 5.97 Å². The van der Waals surface area contributed by atoms with E-state index in [1.54, 1.807) is 0 Å². The van der Waals surface area contributed by atoms with Crippen LogP contribution in [0, 0.1) is 0 Å². The number of ether oxygens (including phenoxy) is 2. The zero-order valence-corrected chi connectivity index (χ0v) is 41.9. The molecule has 0 heterocycles. The van der Waals surface area contributed by atoms with Crippen molar-refractivity contribution in [2.75, 3.05) is 54.1 Å². The molecule has 0 aliphatic carbocycles. The van der Waals surface area contributed by atoms with Crippen LogP contribution in [0.1, 0.15) is 181 Å². The molecule has 0 aromatic carbocycles. The van der Waals surface area contributed by atoms with Gasteiger partial charge in [0.15, 0.2) is 0 Å². The number of allylic oxidation sites excluding steroid dienone is 16. The minimum Gasteiger partial charge on any atom is -0.756 e. The first kappa shape index (κ1) is 60.4. The third-order valence-corrected chi connectivity index (χ3v) is 11.1. The molecule has 0 aromatic rings. The van der Waals surface area contributed by atoms with Crippen LogP contribution in [-0.4, -0.2) is 70.7 Å². The van der Waals surface area contributed by atoms with Crippen molar-refractivity contribution in [3.8, 4) is 0 Å². The first-order chi connectivity index (χ1) is 30.6. The van der Waals surface area contributed by atoms with E-state index in [0.717, 1.165) is 83.5 Å². The Kier molecular flexibility index (Phi) is 44.1. The Morgan fingerprint density at radius 1 is 0.508 bits per heavy atom. The molecular weight excluding hydrogens is 806 g/mol. The molecule has 0 spiro atoms. The highest BCUT2D eigenvalue weighted by Gasteiger charge is 2.20. The van der Waals surface area contributed by atoms with Gasteiger partial charge in [-0.2, -0.15) is 0 Å². The molecule has 0 N–H and O–H groups in total. The molecule has 362 valence electrons. The summed E-state index contributed by atoms with van der Waals surface area (Å²) in [6.07, 6.45) is 62.9. The quantitative estimate of drug-likeness (QED) is 0.0197. The molecule has 0 amide bonds. The van der Waals surface area contributed by atoms with Crippen LogP contribution in [0.5, 0.6) is 0 Å². The van der Waals surface area contributed by atoms with E-state index in [2.05, 4.69) is 111 Å². The van der Waals surface area contributed by atoms with E-state index < -0.39 is 13.9 Å². The number of carbonyl (C=O) groups is 1. The molecule has 63 heavy (non-hydrogen) atoms. The largest absolute Gasteiger partial charge is 0.756 e. The van der Waals surface area contributed by atoms with Gasteiger partial charge in [-0.05, 0) is 96.3 Å². The smallest absolute Gasteiger partial charge is 0.306 e. The molecule has 0 saturated carbocycles. The fourth-order valence-corrected chi connectivity index (χ4v) is 7.01. The van der Waals surface area contributed by atoms with Crippen molar-refractivity contribution in [2.45, 2.75) is 187 Å². The highest BCUT2D eigenvalue weighted by atomic mass is 31.2. The molecule has 0 rings (SSSR count). The van der Waals surface area contributed by atoms with E-state index in [1.165, 1.54) is 70.6 Å².